The van der Waals surface area contributed by atoms with Gasteiger partial charge in [-0.15, -0.1) is 0 Å². The fourth-order valence-corrected chi connectivity index (χ4v) is 3.49. The third-order valence-corrected chi connectivity index (χ3v) is 4.95. The van der Waals surface area contributed by atoms with Gasteiger partial charge in [0.15, 0.2) is 0 Å². The second-order valence-corrected chi connectivity index (χ2v) is 6.79. The minimum atomic E-state index is -0.203. The van der Waals surface area contributed by atoms with Crippen LogP contribution in [0.3, 0.4) is 0 Å². The molecule has 0 saturated carbocycles. The summed E-state index contributed by atoms with van der Waals surface area (Å²) in [6.07, 6.45) is 5.15. The molecule has 3 aromatic heterocycles. The Labute approximate surface area is 171 Å². The van der Waals surface area contributed by atoms with Crippen molar-refractivity contribution < 1.29 is 0 Å². The molecular formula is C24H15N5O. The van der Waals surface area contributed by atoms with E-state index in [1.165, 1.54) is 0 Å². The number of H-pyrrole nitrogens is 1. The van der Waals surface area contributed by atoms with Crippen LogP contribution in [0.25, 0.3) is 39.2 Å². The number of aromatic amines is 1. The Morgan fingerprint density at radius 2 is 1.77 bits per heavy atom. The van der Waals surface area contributed by atoms with Crippen molar-refractivity contribution in [3.05, 3.63) is 101 Å². The molecule has 5 aromatic rings. The number of aromatic nitrogens is 4. The first kappa shape index (κ1) is 17.6. The van der Waals surface area contributed by atoms with Crippen LogP contribution in [0.5, 0.6) is 0 Å². The maximum atomic E-state index is 13.4. The summed E-state index contributed by atoms with van der Waals surface area (Å²) < 4.78 is 1.59. The number of imidazole rings is 1. The minimum Gasteiger partial charge on any atom is -0.338 e. The molecule has 0 unspecified atom stereocenters. The van der Waals surface area contributed by atoms with Crippen molar-refractivity contribution in [2.45, 2.75) is 0 Å². The average Bonchev–Trinajstić information content (AvgIpc) is 3.24. The number of nitrogens with zero attached hydrogens (tertiary/aromatic N) is 4. The molecule has 142 valence electrons. The summed E-state index contributed by atoms with van der Waals surface area (Å²) in [5.41, 5.74) is 4.34. The van der Waals surface area contributed by atoms with Gasteiger partial charge in [0.2, 0.25) is 0 Å². The van der Waals surface area contributed by atoms with Crippen molar-refractivity contribution >= 4 is 11.0 Å². The van der Waals surface area contributed by atoms with Gasteiger partial charge < -0.3 is 4.98 Å². The van der Waals surface area contributed by atoms with E-state index in [0.717, 1.165) is 22.3 Å². The molecule has 3 heterocycles. The molecule has 2 aromatic carbocycles. The van der Waals surface area contributed by atoms with Gasteiger partial charge in [0, 0.05) is 34.8 Å². The van der Waals surface area contributed by atoms with E-state index in [4.69, 9.17) is 0 Å². The lowest BCUT2D eigenvalue weighted by Gasteiger charge is -2.12. The maximum Gasteiger partial charge on any atom is 0.263 e. The molecule has 6 heteroatoms. The fraction of sp³-hybridized carbons (Fsp3) is 0. The van der Waals surface area contributed by atoms with E-state index in [2.05, 4.69) is 21.0 Å². The molecular weight excluding hydrogens is 374 g/mol. The first-order chi connectivity index (χ1) is 14.7. The Kier molecular flexibility index (Phi) is 4.19. The summed E-state index contributed by atoms with van der Waals surface area (Å²) in [4.78, 5) is 25.4. The van der Waals surface area contributed by atoms with Crippen molar-refractivity contribution in [3.63, 3.8) is 0 Å². The van der Waals surface area contributed by atoms with Gasteiger partial charge in [-0.1, -0.05) is 36.4 Å². The average molecular weight is 389 g/mol. The quantitative estimate of drug-likeness (QED) is 0.498. The number of rotatable bonds is 3. The molecule has 0 aliphatic heterocycles. The summed E-state index contributed by atoms with van der Waals surface area (Å²) in [6.45, 7) is 0. The predicted octanol–water partition coefficient (Wildman–Crippen LogP) is 4.31. The zero-order valence-electron chi connectivity index (χ0n) is 15.8. The van der Waals surface area contributed by atoms with E-state index < -0.39 is 0 Å². The highest BCUT2D eigenvalue weighted by Crippen LogP contribution is 2.26. The van der Waals surface area contributed by atoms with E-state index in [-0.39, 0.29) is 5.56 Å². The topological polar surface area (TPSA) is 87.4 Å². The summed E-state index contributed by atoms with van der Waals surface area (Å²) >= 11 is 0. The largest absolute Gasteiger partial charge is 0.338 e. The number of hydrogen-bond acceptors (Lipinski definition) is 4. The maximum absolute atomic E-state index is 13.4. The number of nitrogens with one attached hydrogen (secondary N) is 1. The highest BCUT2D eigenvalue weighted by atomic mass is 16.1. The van der Waals surface area contributed by atoms with Crippen LogP contribution in [-0.4, -0.2) is 19.5 Å². The second-order valence-electron chi connectivity index (χ2n) is 6.79. The van der Waals surface area contributed by atoms with E-state index in [0.29, 0.717) is 22.5 Å². The molecule has 30 heavy (non-hydrogen) atoms. The number of benzene rings is 2. The van der Waals surface area contributed by atoms with Crippen molar-refractivity contribution in [3.8, 4) is 34.3 Å². The van der Waals surface area contributed by atoms with Gasteiger partial charge >= 0.3 is 0 Å². The number of fused-ring (bicyclic) bond motifs is 1. The lowest BCUT2D eigenvalue weighted by atomic mass is 10.00. The summed E-state index contributed by atoms with van der Waals surface area (Å²) in [5, 5.41) is 9.55. The van der Waals surface area contributed by atoms with E-state index in [9.17, 15) is 10.1 Å². The van der Waals surface area contributed by atoms with Gasteiger partial charge in [-0.3, -0.25) is 14.3 Å². The van der Waals surface area contributed by atoms with Crippen molar-refractivity contribution in [1.82, 2.24) is 19.5 Å². The lowest BCUT2D eigenvalue weighted by molar-refractivity contribution is 0.992. The summed E-state index contributed by atoms with van der Waals surface area (Å²) in [7, 11) is 0. The number of nitriles is 1. The molecule has 0 spiro atoms. The van der Waals surface area contributed by atoms with Crippen LogP contribution in [-0.2, 0) is 0 Å². The van der Waals surface area contributed by atoms with Gasteiger partial charge in [-0.2, -0.15) is 5.26 Å². The van der Waals surface area contributed by atoms with Crippen molar-refractivity contribution in [2.75, 3.05) is 0 Å². The molecule has 0 aliphatic rings. The van der Waals surface area contributed by atoms with Gasteiger partial charge in [-0.05, 0) is 30.3 Å². The zero-order valence-corrected chi connectivity index (χ0v) is 15.8. The first-order valence-corrected chi connectivity index (χ1v) is 9.36. The van der Waals surface area contributed by atoms with Crippen LogP contribution in [0.4, 0.5) is 0 Å². The molecule has 0 bridgehead atoms. The van der Waals surface area contributed by atoms with Gasteiger partial charge in [0.05, 0.1) is 23.3 Å². The number of para-hydroxylation sites is 1. The predicted molar refractivity (Wildman–Crippen MR) is 115 cm³/mol. The monoisotopic (exact) mass is 389 g/mol. The minimum absolute atomic E-state index is 0.203. The highest BCUT2D eigenvalue weighted by Gasteiger charge is 2.16. The first-order valence-electron chi connectivity index (χ1n) is 9.36. The standard InChI is InChI=1S/C24H15N5O/c25-13-16-6-4-5-9-19(16)20-12-17(23-27-21-10-11-26-14-22(21)28-23)15-29(24(20)30)18-7-2-1-3-8-18/h1-12,14-15H,(H,27,28). The molecule has 0 amide bonds. The van der Waals surface area contributed by atoms with Gasteiger partial charge in [-0.25, -0.2) is 4.98 Å². The molecule has 0 saturated heterocycles. The number of pyridine rings is 2. The third kappa shape index (κ3) is 2.95. The van der Waals surface area contributed by atoms with E-state index in [1.807, 2.05) is 42.5 Å². The Hall–Kier alpha value is -4.50. The van der Waals surface area contributed by atoms with Crippen LogP contribution in [0.1, 0.15) is 5.56 Å². The SMILES string of the molecule is N#Cc1ccccc1-c1cc(-c2nc3cnccc3[nH]2)cn(-c2ccccc2)c1=O. The molecule has 5 rings (SSSR count). The Bertz CT molecular complexity index is 1440. The second kappa shape index (κ2) is 7.15. The summed E-state index contributed by atoms with van der Waals surface area (Å²) in [5.74, 6) is 0.623. The van der Waals surface area contributed by atoms with Crippen molar-refractivity contribution in [1.29, 1.82) is 5.26 Å². The Morgan fingerprint density at radius 3 is 2.57 bits per heavy atom. The van der Waals surface area contributed by atoms with E-state index in [1.54, 1.807) is 47.4 Å². The molecule has 1 N–H and O–H groups in total. The third-order valence-electron chi connectivity index (χ3n) is 4.95. The zero-order chi connectivity index (χ0) is 20.5. The van der Waals surface area contributed by atoms with Crippen LogP contribution in [0, 0.1) is 11.3 Å². The Morgan fingerprint density at radius 1 is 0.967 bits per heavy atom. The Balaban J connectivity index is 1.82. The highest BCUT2D eigenvalue weighted by molar-refractivity contribution is 5.80. The summed E-state index contributed by atoms with van der Waals surface area (Å²) in [6, 6.07) is 22.3. The van der Waals surface area contributed by atoms with Crippen LogP contribution in [0.15, 0.2) is 90.1 Å². The molecule has 0 fully saturated rings. The van der Waals surface area contributed by atoms with Crippen LogP contribution in [0.2, 0.25) is 0 Å². The van der Waals surface area contributed by atoms with Crippen molar-refractivity contribution in [2.24, 2.45) is 0 Å². The smallest absolute Gasteiger partial charge is 0.263 e. The normalized spacial score (nSPS) is 10.8. The van der Waals surface area contributed by atoms with Gasteiger partial charge in [0.25, 0.3) is 5.56 Å². The lowest BCUT2D eigenvalue weighted by Crippen LogP contribution is -2.20. The molecule has 0 aliphatic carbocycles. The fourth-order valence-electron chi connectivity index (χ4n) is 3.49. The molecule has 0 atom stereocenters. The van der Waals surface area contributed by atoms with Crippen LogP contribution < -0.4 is 5.56 Å². The van der Waals surface area contributed by atoms with Crippen LogP contribution >= 0.6 is 0 Å². The molecule has 6 nitrogen and oxygen atoms in total. The number of hydrogen-bond donors (Lipinski definition) is 1. The van der Waals surface area contributed by atoms with E-state index >= 15 is 0 Å². The van der Waals surface area contributed by atoms with Gasteiger partial charge in [0.1, 0.15) is 11.3 Å². The molecule has 0 radical (unpaired) electrons.